The molecule has 0 aliphatic heterocycles. The van der Waals surface area contributed by atoms with Crippen molar-refractivity contribution in [1.29, 1.82) is 0 Å². The molecule has 0 N–H and O–H groups in total. The number of carbonyl (C=O) groups is 1. The first-order chi connectivity index (χ1) is 15.1. The number of aromatic nitrogens is 1. The largest absolute Gasteiger partial charge is 0.497 e. The van der Waals surface area contributed by atoms with Crippen LogP contribution in [0.4, 0.5) is 0 Å². The SMILES string of the molecule is COc1ccc(COC(=O)c2cc(Br)cc3c2ccn3Cc2ccc(OC)cc2)cc1. The molecule has 0 saturated carbocycles. The first kappa shape index (κ1) is 21.0. The molecular weight excluding hydrogens is 458 g/mol. The summed E-state index contributed by atoms with van der Waals surface area (Å²) in [6.07, 6.45) is 1.99. The Morgan fingerprint density at radius 1 is 0.871 bits per heavy atom. The molecule has 3 aromatic carbocycles. The first-order valence-electron chi connectivity index (χ1n) is 9.79. The van der Waals surface area contributed by atoms with Gasteiger partial charge in [-0.15, -0.1) is 0 Å². The third-order valence-electron chi connectivity index (χ3n) is 5.11. The molecule has 6 heteroatoms. The number of fused-ring (bicyclic) bond motifs is 1. The molecule has 4 aromatic rings. The maximum atomic E-state index is 12.9. The molecule has 0 bridgehead atoms. The van der Waals surface area contributed by atoms with Gasteiger partial charge in [-0.05, 0) is 53.6 Å². The zero-order valence-corrected chi connectivity index (χ0v) is 18.9. The summed E-state index contributed by atoms with van der Waals surface area (Å²) in [5, 5.41) is 0.858. The van der Waals surface area contributed by atoms with Gasteiger partial charge < -0.3 is 18.8 Å². The van der Waals surface area contributed by atoms with Crippen molar-refractivity contribution in [3.8, 4) is 11.5 Å². The van der Waals surface area contributed by atoms with Gasteiger partial charge in [0.2, 0.25) is 0 Å². The molecule has 31 heavy (non-hydrogen) atoms. The first-order valence-corrected chi connectivity index (χ1v) is 10.6. The average molecular weight is 480 g/mol. The second-order valence-corrected chi connectivity index (χ2v) is 8.02. The van der Waals surface area contributed by atoms with Gasteiger partial charge in [0.15, 0.2) is 0 Å². The smallest absolute Gasteiger partial charge is 0.339 e. The van der Waals surface area contributed by atoms with Crippen LogP contribution in [0.3, 0.4) is 0 Å². The predicted octanol–water partition coefficient (Wildman–Crippen LogP) is 5.83. The van der Waals surface area contributed by atoms with Gasteiger partial charge in [0.1, 0.15) is 18.1 Å². The second kappa shape index (κ2) is 9.27. The zero-order chi connectivity index (χ0) is 21.8. The summed E-state index contributed by atoms with van der Waals surface area (Å²) in [5.41, 5.74) is 3.53. The molecule has 0 amide bonds. The lowest BCUT2D eigenvalue weighted by Crippen LogP contribution is -2.06. The Kier molecular flexibility index (Phi) is 6.28. The maximum absolute atomic E-state index is 12.9. The van der Waals surface area contributed by atoms with E-state index in [1.165, 1.54) is 0 Å². The number of esters is 1. The summed E-state index contributed by atoms with van der Waals surface area (Å²) in [5.74, 6) is 1.23. The number of benzene rings is 3. The second-order valence-electron chi connectivity index (χ2n) is 7.10. The molecule has 0 spiro atoms. The lowest BCUT2D eigenvalue weighted by molar-refractivity contribution is 0.0475. The summed E-state index contributed by atoms with van der Waals surface area (Å²) < 4.78 is 18.9. The zero-order valence-electron chi connectivity index (χ0n) is 17.3. The number of ether oxygens (including phenoxy) is 3. The molecule has 158 valence electrons. The number of nitrogens with zero attached hydrogens (tertiary/aromatic N) is 1. The van der Waals surface area contributed by atoms with E-state index in [1.54, 1.807) is 20.3 Å². The Bertz CT molecular complexity index is 1200. The van der Waals surface area contributed by atoms with Crippen molar-refractivity contribution < 1.29 is 19.0 Å². The molecule has 0 unspecified atom stereocenters. The minimum absolute atomic E-state index is 0.198. The summed E-state index contributed by atoms with van der Waals surface area (Å²) >= 11 is 3.54. The molecule has 0 aliphatic rings. The number of rotatable bonds is 7. The number of methoxy groups -OCH3 is 2. The van der Waals surface area contributed by atoms with E-state index in [0.29, 0.717) is 12.1 Å². The van der Waals surface area contributed by atoms with Crippen LogP contribution in [0, 0.1) is 0 Å². The highest BCUT2D eigenvalue weighted by Crippen LogP contribution is 2.27. The van der Waals surface area contributed by atoms with Crippen LogP contribution in [0.15, 0.2) is 77.4 Å². The molecule has 0 aliphatic carbocycles. The molecule has 0 saturated heterocycles. The van der Waals surface area contributed by atoms with Crippen LogP contribution in [0.25, 0.3) is 10.9 Å². The maximum Gasteiger partial charge on any atom is 0.339 e. The molecule has 0 radical (unpaired) electrons. The van der Waals surface area contributed by atoms with Crippen LogP contribution < -0.4 is 9.47 Å². The lowest BCUT2D eigenvalue weighted by atomic mass is 10.1. The lowest BCUT2D eigenvalue weighted by Gasteiger charge is -2.10. The quantitative estimate of drug-likeness (QED) is 0.313. The van der Waals surface area contributed by atoms with Gasteiger partial charge in [-0.25, -0.2) is 4.79 Å². The van der Waals surface area contributed by atoms with Crippen LogP contribution in [0.1, 0.15) is 21.5 Å². The molecule has 4 rings (SSSR count). The van der Waals surface area contributed by atoms with Crippen molar-refractivity contribution in [2.75, 3.05) is 14.2 Å². The van der Waals surface area contributed by atoms with Crippen LogP contribution in [-0.2, 0) is 17.9 Å². The Labute approximate surface area is 189 Å². The fraction of sp³-hybridized carbons (Fsp3) is 0.160. The van der Waals surface area contributed by atoms with E-state index >= 15 is 0 Å². The number of hydrogen-bond acceptors (Lipinski definition) is 4. The molecule has 0 atom stereocenters. The van der Waals surface area contributed by atoms with Crippen molar-refractivity contribution in [3.05, 3.63) is 94.1 Å². The third kappa shape index (κ3) is 4.75. The minimum atomic E-state index is -0.357. The van der Waals surface area contributed by atoms with Crippen molar-refractivity contribution in [1.82, 2.24) is 4.57 Å². The highest BCUT2D eigenvalue weighted by atomic mass is 79.9. The Morgan fingerprint density at radius 2 is 1.48 bits per heavy atom. The molecule has 5 nitrogen and oxygen atoms in total. The van der Waals surface area contributed by atoms with Crippen LogP contribution >= 0.6 is 15.9 Å². The molecular formula is C25H22BrNO4. The molecule has 1 aromatic heterocycles. The van der Waals surface area contributed by atoms with Crippen LogP contribution in [0.2, 0.25) is 0 Å². The van der Waals surface area contributed by atoms with E-state index < -0.39 is 0 Å². The van der Waals surface area contributed by atoms with E-state index in [1.807, 2.05) is 66.9 Å². The van der Waals surface area contributed by atoms with Gasteiger partial charge in [-0.3, -0.25) is 0 Å². The fourth-order valence-electron chi connectivity index (χ4n) is 3.44. The van der Waals surface area contributed by atoms with E-state index in [-0.39, 0.29) is 12.6 Å². The number of hydrogen-bond donors (Lipinski definition) is 0. The fourth-order valence-corrected chi connectivity index (χ4v) is 3.89. The van der Waals surface area contributed by atoms with Crippen molar-refractivity contribution in [2.45, 2.75) is 13.2 Å². The van der Waals surface area contributed by atoms with Crippen molar-refractivity contribution in [2.24, 2.45) is 0 Å². The Morgan fingerprint density at radius 3 is 2.10 bits per heavy atom. The number of carbonyl (C=O) groups excluding carboxylic acids is 1. The summed E-state index contributed by atoms with van der Waals surface area (Å²) in [6.45, 7) is 0.883. The predicted molar refractivity (Wildman–Crippen MR) is 124 cm³/mol. The molecule has 1 heterocycles. The Hall–Kier alpha value is -3.25. The summed E-state index contributed by atoms with van der Waals surface area (Å²) in [4.78, 5) is 12.9. The third-order valence-corrected chi connectivity index (χ3v) is 5.57. The van der Waals surface area contributed by atoms with Gasteiger partial charge in [-0.2, -0.15) is 0 Å². The topological polar surface area (TPSA) is 49.7 Å². The average Bonchev–Trinajstić information content (AvgIpc) is 3.20. The van der Waals surface area contributed by atoms with Crippen LogP contribution in [-0.4, -0.2) is 24.8 Å². The van der Waals surface area contributed by atoms with Gasteiger partial charge in [0.05, 0.1) is 25.3 Å². The van der Waals surface area contributed by atoms with Crippen LogP contribution in [0.5, 0.6) is 11.5 Å². The van der Waals surface area contributed by atoms with Crippen molar-refractivity contribution >= 4 is 32.8 Å². The standard InChI is InChI=1S/C25H22BrNO4/c1-29-20-7-3-17(4-8-20)15-27-12-11-22-23(13-19(26)14-24(22)27)25(28)31-16-18-5-9-21(30-2)10-6-18/h3-14H,15-16H2,1-2H3. The normalized spacial score (nSPS) is 10.8. The summed E-state index contributed by atoms with van der Waals surface area (Å²) in [6, 6.07) is 21.2. The van der Waals surface area contributed by atoms with Gasteiger partial charge in [0.25, 0.3) is 0 Å². The minimum Gasteiger partial charge on any atom is -0.497 e. The monoisotopic (exact) mass is 479 g/mol. The summed E-state index contributed by atoms with van der Waals surface area (Å²) in [7, 11) is 3.27. The number of halogens is 1. The van der Waals surface area contributed by atoms with E-state index in [2.05, 4.69) is 20.5 Å². The Balaban J connectivity index is 1.55. The van der Waals surface area contributed by atoms with Crippen molar-refractivity contribution in [3.63, 3.8) is 0 Å². The van der Waals surface area contributed by atoms with Gasteiger partial charge in [0, 0.05) is 22.6 Å². The van der Waals surface area contributed by atoms with E-state index in [4.69, 9.17) is 14.2 Å². The van der Waals surface area contributed by atoms with Gasteiger partial charge >= 0.3 is 5.97 Å². The highest BCUT2D eigenvalue weighted by Gasteiger charge is 2.16. The van der Waals surface area contributed by atoms with E-state index in [0.717, 1.165) is 38.0 Å². The highest BCUT2D eigenvalue weighted by molar-refractivity contribution is 9.10. The van der Waals surface area contributed by atoms with Gasteiger partial charge in [-0.1, -0.05) is 40.2 Å². The van der Waals surface area contributed by atoms with E-state index in [9.17, 15) is 4.79 Å². The molecule has 0 fully saturated rings.